The number of hydrogen-bond donors (Lipinski definition) is 2. The van der Waals surface area contributed by atoms with Crippen molar-refractivity contribution in [3.05, 3.63) is 34.3 Å². The lowest BCUT2D eigenvalue weighted by atomic mass is 9.96. The standard InChI is InChI=1S/C13H16BrNO3/c1-3-7-13(2,12(17)18)15-11(16)9-5-4-6-10(14)8-9/h4-6,8H,3,7H2,1-2H3,(H,15,16)(H,17,18). The van der Waals surface area contributed by atoms with E-state index < -0.39 is 11.5 Å². The maximum Gasteiger partial charge on any atom is 0.329 e. The van der Waals surface area contributed by atoms with E-state index in [-0.39, 0.29) is 5.91 Å². The van der Waals surface area contributed by atoms with Gasteiger partial charge in [0.1, 0.15) is 5.54 Å². The van der Waals surface area contributed by atoms with Gasteiger partial charge in [0.25, 0.3) is 5.91 Å². The number of carbonyl (C=O) groups excluding carboxylic acids is 1. The summed E-state index contributed by atoms with van der Waals surface area (Å²) in [5.74, 6) is -1.40. The quantitative estimate of drug-likeness (QED) is 0.878. The highest BCUT2D eigenvalue weighted by Gasteiger charge is 2.33. The van der Waals surface area contributed by atoms with E-state index in [0.717, 1.165) is 4.47 Å². The molecule has 0 fully saturated rings. The Labute approximate surface area is 115 Å². The van der Waals surface area contributed by atoms with Gasteiger partial charge in [0.2, 0.25) is 0 Å². The molecule has 0 aliphatic heterocycles. The molecule has 0 aliphatic rings. The van der Waals surface area contributed by atoms with E-state index in [1.165, 1.54) is 6.92 Å². The Morgan fingerprint density at radius 1 is 1.44 bits per heavy atom. The minimum Gasteiger partial charge on any atom is -0.480 e. The predicted octanol–water partition coefficient (Wildman–Crippen LogP) is 2.82. The van der Waals surface area contributed by atoms with Gasteiger partial charge >= 0.3 is 5.97 Å². The maximum atomic E-state index is 12.0. The van der Waals surface area contributed by atoms with Gasteiger partial charge in [0, 0.05) is 10.0 Å². The Morgan fingerprint density at radius 2 is 2.11 bits per heavy atom. The highest BCUT2D eigenvalue weighted by molar-refractivity contribution is 9.10. The molecule has 98 valence electrons. The van der Waals surface area contributed by atoms with Gasteiger partial charge in [-0.05, 0) is 31.5 Å². The normalized spacial score (nSPS) is 13.7. The van der Waals surface area contributed by atoms with Crippen molar-refractivity contribution in [1.82, 2.24) is 5.32 Å². The first kappa shape index (κ1) is 14.7. The molecule has 1 aromatic rings. The molecule has 0 aliphatic carbocycles. The van der Waals surface area contributed by atoms with E-state index in [1.807, 2.05) is 6.92 Å². The zero-order valence-corrected chi connectivity index (χ0v) is 12.0. The highest BCUT2D eigenvalue weighted by Crippen LogP contribution is 2.16. The Bertz CT molecular complexity index is 461. The van der Waals surface area contributed by atoms with Gasteiger partial charge in [0.05, 0.1) is 0 Å². The molecule has 0 saturated carbocycles. The van der Waals surface area contributed by atoms with Crippen LogP contribution in [0.4, 0.5) is 0 Å². The fourth-order valence-electron chi connectivity index (χ4n) is 1.68. The second-order valence-corrected chi connectivity index (χ2v) is 5.27. The average Bonchev–Trinajstić information content (AvgIpc) is 2.29. The first-order chi connectivity index (χ1) is 8.39. The number of aliphatic carboxylic acids is 1. The van der Waals surface area contributed by atoms with Crippen LogP contribution in [0.1, 0.15) is 37.0 Å². The molecule has 0 aromatic heterocycles. The summed E-state index contributed by atoms with van der Waals surface area (Å²) >= 11 is 3.27. The molecule has 2 N–H and O–H groups in total. The van der Waals surface area contributed by atoms with Gasteiger partial charge in [-0.1, -0.05) is 35.3 Å². The minimum atomic E-state index is -1.23. The SMILES string of the molecule is CCCC(C)(NC(=O)c1cccc(Br)c1)C(=O)O. The van der Waals surface area contributed by atoms with Crippen molar-refractivity contribution in [3.63, 3.8) is 0 Å². The lowest BCUT2D eigenvalue weighted by molar-refractivity contribution is -0.144. The van der Waals surface area contributed by atoms with Crippen molar-refractivity contribution in [3.8, 4) is 0 Å². The average molecular weight is 314 g/mol. The Hall–Kier alpha value is -1.36. The molecule has 0 radical (unpaired) electrons. The van der Waals surface area contributed by atoms with E-state index in [2.05, 4.69) is 21.2 Å². The molecular weight excluding hydrogens is 298 g/mol. The number of halogens is 1. The molecule has 0 spiro atoms. The largest absolute Gasteiger partial charge is 0.480 e. The molecule has 1 unspecified atom stereocenters. The molecule has 0 bridgehead atoms. The second kappa shape index (κ2) is 6.00. The summed E-state index contributed by atoms with van der Waals surface area (Å²) in [7, 11) is 0. The molecule has 18 heavy (non-hydrogen) atoms. The zero-order chi connectivity index (χ0) is 13.8. The van der Waals surface area contributed by atoms with Crippen LogP contribution in [0.2, 0.25) is 0 Å². The summed E-state index contributed by atoms with van der Waals surface area (Å²) in [5.41, 5.74) is -0.790. The van der Waals surface area contributed by atoms with Crippen molar-refractivity contribution in [1.29, 1.82) is 0 Å². The molecule has 1 amide bonds. The van der Waals surface area contributed by atoms with E-state index in [1.54, 1.807) is 24.3 Å². The molecule has 5 heteroatoms. The summed E-state index contributed by atoms with van der Waals surface area (Å²) in [6, 6.07) is 6.84. The number of amides is 1. The Morgan fingerprint density at radius 3 is 2.61 bits per heavy atom. The van der Waals surface area contributed by atoms with Crippen LogP contribution < -0.4 is 5.32 Å². The number of benzene rings is 1. The van der Waals surface area contributed by atoms with Crippen molar-refractivity contribution in [2.24, 2.45) is 0 Å². The number of nitrogens with one attached hydrogen (secondary N) is 1. The van der Waals surface area contributed by atoms with Crippen molar-refractivity contribution < 1.29 is 14.7 Å². The zero-order valence-electron chi connectivity index (χ0n) is 10.4. The third-order valence-electron chi connectivity index (χ3n) is 2.70. The number of hydrogen-bond acceptors (Lipinski definition) is 2. The first-order valence-corrected chi connectivity index (χ1v) is 6.50. The lowest BCUT2D eigenvalue weighted by Crippen LogP contribution is -2.52. The number of carbonyl (C=O) groups is 2. The number of rotatable bonds is 5. The van der Waals surface area contributed by atoms with E-state index in [4.69, 9.17) is 0 Å². The predicted molar refractivity (Wildman–Crippen MR) is 72.6 cm³/mol. The monoisotopic (exact) mass is 313 g/mol. The lowest BCUT2D eigenvalue weighted by Gasteiger charge is -2.25. The van der Waals surface area contributed by atoms with Gasteiger partial charge in [-0.25, -0.2) is 4.79 Å². The summed E-state index contributed by atoms with van der Waals surface area (Å²) in [6.45, 7) is 3.40. The van der Waals surface area contributed by atoms with E-state index in [0.29, 0.717) is 18.4 Å². The van der Waals surface area contributed by atoms with Crippen LogP contribution in [-0.4, -0.2) is 22.5 Å². The van der Waals surface area contributed by atoms with E-state index in [9.17, 15) is 14.7 Å². The van der Waals surface area contributed by atoms with Crippen LogP contribution in [-0.2, 0) is 4.79 Å². The number of carboxylic acid groups (broad SMARTS) is 1. The Kier molecular flexibility index (Phi) is 4.90. The van der Waals surface area contributed by atoms with Crippen molar-refractivity contribution in [2.75, 3.05) is 0 Å². The summed E-state index contributed by atoms with van der Waals surface area (Å²) in [5, 5.41) is 11.8. The van der Waals surface area contributed by atoms with Gasteiger partial charge in [0.15, 0.2) is 0 Å². The molecule has 0 saturated heterocycles. The van der Waals surface area contributed by atoms with Gasteiger partial charge in [-0.15, -0.1) is 0 Å². The van der Waals surface area contributed by atoms with Crippen LogP contribution in [0.5, 0.6) is 0 Å². The van der Waals surface area contributed by atoms with Crippen molar-refractivity contribution in [2.45, 2.75) is 32.2 Å². The molecule has 4 nitrogen and oxygen atoms in total. The molecule has 0 heterocycles. The van der Waals surface area contributed by atoms with Crippen LogP contribution in [0.3, 0.4) is 0 Å². The van der Waals surface area contributed by atoms with Crippen LogP contribution in [0.15, 0.2) is 28.7 Å². The second-order valence-electron chi connectivity index (χ2n) is 4.35. The van der Waals surface area contributed by atoms with Gasteiger partial charge < -0.3 is 10.4 Å². The summed E-state index contributed by atoms with van der Waals surface area (Å²) in [4.78, 5) is 23.2. The fourth-order valence-corrected chi connectivity index (χ4v) is 2.07. The van der Waals surface area contributed by atoms with Crippen LogP contribution in [0, 0.1) is 0 Å². The minimum absolute atomic E-state index is 0.380. The third-order valence-corrected chi connectivity index (χ3v) is 3.19. The maximum absolute atomic E-state index is 12.0. The fraction of sp³-hybridized carbons (Fsp3) is 0.385. The first-order valence-electron chi connectivity index (χ1n) is 5.70. The van der Waals surface area contributed by atoms with Crippen molar-refractivity contribution >= 4 is 27.8 Å². The smallest absolute Gasteiger partial charge is 0.329 e. The molecular formula is C13H16BrNO3. The van der Waals surface area contributed by atoms with Crippen LogP contribution in [0.25, 0.3) is 0 Å². The van der Waals surface area contributed by atoms with Crippen LogP contribution >= 0.6 is 15.9 Å². The third kappa shape index (κ3) is 3.57. The molecule has 1 rings (SSSR count). The topological polar surface area (TPSA) is 66.4 Å². The molecule has 1 aromatic carbocycles. The van der Waals surface area contributed by atoms with Gasteiger partial charge in [-0.2, -0.15) is 0 Å². The van der Waals surface area contributed by atoms with E-state index >= 15 is 0 Å². The molecule has 1 atom stereocenters. The highest BCUT2D eigenvalue weighted by atomic mass is 79.9. The Balaban J connectivity index is 2.88. The van der Waals surface area contributed by atoms with Gasteiger partial charge in [-0.3, -0.25) is 4.79 Å². The number of carboxylic acids is 1. The summed E-state index contributed by atoms with van der Waals surface area (Å²) in [6.07, 6.45) is 1.07. The summed E-state index contributed by atoms with van der Waals surface area (Å²) < 4.78 is 0.780.